The van der Waals surface area contributed by atoms with Crippen LogP contribution in [0.4, 0.5) is 4.79 Å². The SMILES string of the molecule is Cc1ccc(CNC(=O)N2CCC(CN3CCCCCC3)CC2)cc1. The maximum atomic E-state index is 12.4. The summed E-state index contributed by atoms with van der Waals surface area (Å²) in [4.78, 5) is 17.0. The Labute approximate surface area is 152 Å². The highest BCUT2D eigenvalue weighted by molar-refractivity contribution is 5.74. The van der Waals surface area contributed by atoms with Gasteiger partial charge < -0.3 is 15.1 Å². The Kier molecular flexibility index (Phi) is 6.74. The van der Waals surface area contributed by atoms with Crippen LogP contribution in [-0.2, 0) is 6.54 Å². The highest BCUT2D eigenvalue weighted by Gasteiger charge is 2.24. The normalized spacial score (nSPS) is 20.3. The monoisotopic (exact) mass is 343 g/mol. The number of nitrogens with zero attached hydrogens (tertiary/aromatic N) is 2. The minimum absolute atomic E-state index is 0.0915. The van der Waals surface area contributed by atoms with E-state index in [1.165, 1.54) is 50.9 Å². The number of carbonyl (C=O) groups is 1. The average molecular weight is 344 g/mol. The zero-order chi connectivity index (χ0) is 17.5. The molecule has 1 aromatic carbocycles. The van der Waals surface area contributed by atoms with Crippen LogP contribution in [0.1, 0.15) is 49.7 Å². The predicted molar refractivity (Wildman–Crippen MR) is 103 cm³/mol. The summed E-state index contributed by atoms with van der Waals surface area (Å²) in [6, 6.07) is 8.45. The first-order valence-electron chi connectivity index (χ1n) is 10.0. The smallest absolute Gasteiger partial charge is 0.317 e. The molecule has 2 fully saturated rings. The zero-order valence-corrected chi connectivity index (χ0v) is 15.7. The third-order valence-corrected chi connectivity index (χ3v) is 5.68. The van der Waals surface area contributed by atoms with E-state index in [4.69, 9.17) is 0 Å². The van der Waals surface area contributed by atoms with Crippen LogP contribution in [-0.4, -0.2) is 48.6 Å². The van der Waals surface area contributed by atoms with E-state index in [1.807, 2.05) is 4.90 Å². The summed E-state index contributed by atoms with van der Waals surface area (Å²) in [7, 11) is 0. The minimum atomic E-state index is 0.0915. The van der Waals surface area contributed by atoms with Crippen molar-refractivity contribution in [1.29, 1.82) is 0 Å². The first-order chi connectivity index (χ1) is 12.2. The van der Waals surface area contributed by atoms with Gasteiger partial charge >= 0.3 is 6.03 Å². The number of benzene rings is 1. The van der Waals surface area contributed by atoms with Crippen LogP contribution in [0.5, 0.6) is 0 Å². The average Bonchev–Trinajstić information content (AvgIpc) is 2.90. The molecule has 0 radical (unpaired) electrons. The summed E-state index contributed by atoms with van der Waals surface area (Å²) in [6.07, 6.45) is 7.82. The molecule has 0 aliphatic carbocycles. The summed E-state index contributed by atoms with van der Waals surface area (Å²) >= 11 is 0. The first kappa shape index (κ1) is 18.2. The third kappa shape index (κ3) is 5.74. The van der Waals surface area contributed by atoms with E-state index in [1.54, 1.807) is 0 Å². The topological polar surface area (TPSA) is 35.6 Å². The molecule has 4 heteroatoms. The Morgan fingerprint density at radius 1 is 1.00 bits per heavy atom. The number of nitrogens with one attached hydrogen (secondary N) is 1. The molecule has 0 bridgehead atoms. The van der Waals surface area contributed by atoms with Gasteiger partial charge in [0.15, 0.2) is 0 Å². The van der Waals surface area contributed by atoms with Crippen molar-refractivity contribution in [3.8, 4) is 0 Å². The Bertz CT molecular complexity index is 527. The van der Waals surface area contributed by atoms with Gasteiger partial charge in [-0.05, 0) is 57.2 Å². The fourth-order valence-electron chi connectivity index (χ4n) is 4.00. The number of urea groups is 1. The van der Waals surface area contributed by atoms with Crippen LogP contribution < -0.4 is 5.32 Å². The Hall–Kier alpha value is -1.55. The van der Waals surface area contributed by atoms with Crippen LogP contribution in [0.25, 0.3) is 0 Å². The van der Waals surface area contributed by atoms with E-state index in [9.17, 15) is 4.79 Å². The van der Waals surface area contributed by atoms with Gasteiger partial charge in [-0.25, -0.2) is 4.79 Å². The van der Waals surface area contributed by atoms with Crippen LogP contribution in [0.3, 0.4) is 0 Å². The summed E-state index contributed by atoms with van der Waals surface area (Å²) in [5.41, 5.74) is 2.41. The minimum Gasteiger partial charge on any atom is -0.334 e. The molecule has 1 N–H and O–H groups in total. The molecule has 0 saturated carbocycles. The molecule has 0 atom stereocenters. The molecule has 0 aromatic heterocycles. The molecular formula is C21H33N3O. The van der Waals surface area contributed by atoms with Gasteiger partial charge in [-0.3, -0.25) is 0 Å². The van der Waals surface area contributed by atoms with Gasteiger partial charge in [0.05, 0.1) is 0 Å². The number of piperidine rings is 1. The van der Waals surface area contributed by atoms with Crippen molar-refractivity contribution >= 4 is 6.03 Å². The summed E-state index contributed by atoms with van der Waals surface area (Å²) in [6.45, 7) is 8.29. The second-order valence-electron chi connectivity index (χ2n) is 7.79. The fraction of sp³-hybridized carbons (Fsp3) is 0.667. The standard InChI is InChI=1S/C21H33N3O/c1-18-6-8-19(9-7-18)16-22-21(25)24-14-10-20(11-15-24)17-23-12-4-2-3-5-13-23/h6-9,20H,2-5,10-17H2,1H3,(H,22,25). The van der Waals surface area contributed by atoms with Crippen molar-refractivity contribution in [1.82, 2.24) is 15.1 Å². The molecule has 2 amide bonds. The maximum Gasteiger partial charge on any atom is 0.317 e. The van der Waals surface area contributed by atoms with Crippen molar-refractivity contribution in [2.75, 3.05) is 32.7 Å². The molecule has 2 heterocycles. The van der Waals surface area contributed by atoms with E-state index < -0.39 is 0 Å². The van der Waals surface area contributed by atoms with Gasteiger partial charge in [0.1, 0.15) is 0 Å². The number of hydrogen-bond acceptors (Lipinski definition) is 2. The number of carbonyl (C=O) groups excluding carboxylic acids is 1. The summed E-state index contributed by atoms with van der Waals surface area (Å²) < 4.78 is 0. The number of amides is 2. The molecule has 1 aromatic rings. The molecular weight excluding hydrogens is 310 g/mol. The van der Waals surface area contributed by atoms with E-state index >= 15 is 0 Å². The number of hydrogen-bond donors (Lipinski definition) is 1. The summed E-state index contributed by atoms with van der Waals surface area (Å²) in [5.74, 6) is 0.763. The van der Waals surface area contributed by atoms with Crippen LogP contribution in [0.15, 0.2) is 24.3 Å². The lowest BCUT2D eigenvalue weighted by atomic mass is 9.96. The molecule has 2 saturated heterocycles. The van der Waals surface area contributed by atoms with Gasteiger partial charge in [0.25, 0.3) is 0 Å². The quantitative estimate of drug-likeness (QED) is 0.903. The highest BCUT2D eigenvalue weighted by atomic mass is 16.2. The molecule has 3 rings (SSSR count). The van der Waals surface area contributed by atoms with Crippen molar-refractivity contribution in [2.24, 2.45) is 5.92 Å². The molecule has 138 valence electrons. The molecule has 4 nitrogen and oxygen atoms in total. The first-order valence-corrected chi connectivity index (χ1v) is 10.0. The lowest BCUT2D eigenvalue weighted by Crippen LogP contribution is -2.45. The Balaban J connectivity index is 1.37. The second kappa shape index (κ2) is 9.23. The van der Waals surface area contributed by atoms with Gasteiger partial charge in [-0.1, -0.05) is 42.7 Å². The Morgan fingerprint density at radius 2 is 1.64 bits per heavy atom. The molecule has 0 spiro atoms. The van der Waals surface area contributed by atoms with E-state index in [-0.39, 0.29) is 6.03 Å². The van der Waals surface area contributed by atoms with E-state index in [0.717, 1.165) is 37.4 Å². The summed E-state index contributed by atoms with van der Waals surface area (Å²) in [5, 5.41) is 3.07. The van der Waals surface area contributed by atoms with Crippen molar-refractivity contribution in [3.05, 3.63) is 35.4 Å². The number of aryl methyl sites for hydroxylation is 1. The predicted octanol–water partition coefficient (Wildman–Crippen LogP) is 3.79. The van der Waals surface area contributed by atoms with Crippen LogP contribution >= 0.6 is 0 Å². The zero-order valence-electron chi connectivity index (χ0n) is 15.7. The highest BCUT2D eigenvalue weighted by Crippen LogP contribution is 2.20. The Morgan fingerprint density at radius 3 is 2.28 bits per heavy atom. The lowest BCUT2D eigenvalue weighted by molar-refractivity contribution is 0.147. The van der Waals surface area contributed by atoms with Crippen molar-refractivity contribution < 1.29 is 4.79 Å². The van der Waals surface area contributed by atoms with Gasteiger partial charge in [0, 0.05) is 26.2 Å². The van der Waals surface area contributed by atoms with Gasteiger partial charge in [0.2, 0.25) is 0 Å². The van der Waals surface area contributed by atoms with Crippen LogP contribution in [0.2, 0.25) is 0 Å². The maximum absolute atomic E-state index is 12.4. The number of rotatable bonds is 4. The van der Waals surface area contributed by atoms with E-state index in [2.05, 4.69) is 41.4 Å². The van der Waals surface area contributed by atoms with E-state index in [0.29, 0.717) is 6.54 Å². The molecule has 2 aliphatic rings. The lowest BCUT2D eigenvalue weighted by Gasteiger charge is -2.34. The van der Waals surface area contributed by atoms with Crippen LogP contribution in [0, 0.1) is 12.8 Å². The van der Waals surface area contributed by atoms with Crippen molar-refractivity contribution in [2.45, 2.75) is 52.0 Å². The number of likely N-dealkylation sites (tertiary alicyclic amines) is 2. The van der Waals surface area contributed by atoms with Gasteiger partial charge in [-0.15, -0.1) is 0 Å². The molecule has 0 unspecified atom stereocenters. The molecule has 25 heavy (non-hydrogen) atoms. The molecule has 2 aliphatic heterocycles. The largest absolute Gasteiger partial charge is 0.334 e. The fourth-order valence-corrected chi connectivity index (χ4v) is 4.00. The second-order valence-corrected chi connectivity index (χ2v) is 7.79. The van der Waals surface area contributed by atoms with Crippen molar-refractivity contribution in [3.63, 3.8) is 0 Å². The third-order valence-electron chi connectivity index (χ3n) is 5.68. The van der Waals surface area contributed by atoms with Gasteiger partial charge in [-0.2, -0.15) is 0 Å².